The van der Waals surface area contributed by atoms with Crippen LogP contribution in [-0.4, -0.2) is 16.4 Å². The summed E-state index contributed by atoms with van der Waals surface area (Å²) >= 11 is 0. The van der Waals surface area contributed by atoms with E-state index in [0.717, 1.165) is 5.56 Å². The minimum Gasteiger partial charge on any atom is -0.345 e. The molecule has 0 fully saturated rings. The van der Waals surface area contributed by atoms with Gasteiger partial charge in [-0.2, -0.15) is 0 Å². The lowest BCUT2D eigenvalue weighted by molar-refractivity contribution is -0.118. The number of nitrogens with zero attached hydrogens (tertiary/aromatic N) is 1. The molecule has 1 aromatic heterocycles. The Kier molecular flexibility index (Phi) is 3.53. The number of ketones is 1. The van der Waals surface area contributed by atoms with Crippen LogP contribution in [0.4, 0.5) is 0 Å². The molecule has 0 saturated carbocycles. The van der Waals surface area contributed by atoms with Crippen molar-refractivity contribution < 1.29 is 4.79 Å². The number of carbonyl (C=O) groups is 1. The average Bonchev–Trinajstić information content (AvgIpc) is 2.68. The maximum atomic E-state index is 11.3. The maximum absolute atomic E-state index is 11.3. The van der Waals surface area contributed by atoms with Gasteiger partial charge >= 0.3 is 0 Å². The third-order valence-electron chi connectivity index (χ3n) is 3.34. The van der Waals surface area contributed by atoms with Gasteiger partial charge < -0.3 is 10.3 Å². The second kappa shape index (κ2) is 4.94. The number of nitrogens with two attached hydrogens (primary N) is 1. The minimum absolute atomic E-state index is 0.0383. The van der Waals surface area contributed by atoms with Crippen molar-refractivity contribution in [2.75, 3.05) is 0 Å². The average molecular weight is 244 g/mol. The quantitative estimate of drug-likeness (QED) is 0.899. The van der Waals surface area contributed by atoms with E-state index in [4.69, 9.17) is 5.73 Å². The molecule has 1 unspecified atom stereocenters. The Morgan fingerprint density at radius 2 is 2.00 bits per heavy atom. The van der Waals surface area contributed by atoms with Crippen LogP contribution in [0.5, 0.6) is 0 Å². The van der Waals surface area contributed by atoms with E-state index in [1.165, 1.54) is 10.9 Å². The van der Waals surface area contributed by atoms with Gasteiger partial charge in [-0.15, -0.1) is 0 Å². The Hall–Kier alpha value is -1.61. The number of Topliss-reactive ketones (excluding diaryl/α,β-unsaturated/α-hetero) is 1. The normalized spacial score (nSPS) is 13.2. The smallest absolute Gasteiger partial charge is 0.146 e. The van der Waals surface area contributed by atoms with Crippen LogP contribution < -0.4 is 5.73 Å². The third-order valence-corrected chi connectivity index (χ3v) is 3.34. The summed E-state index contributed by atoms with van der Waals surface area (Å²) in [5.74, 6) is 0.0383. The monoisotopic (exact) mass is 244 g/mol. The summed E-state index contributed by atoms with van der Waals surface area (Å²) in [5, 5.41) is 1.20. The van der Waals surface area contributed by atoms with Gasteiger partial charge in [0, 0.05) is 23.1 Å². The number of fused-ring (bicyclic) bond motifs is 1. The molecule has 2 aromatic rings. The van der Waals surface area contributed by atoms with E-state index in [-0.39, 0.29) is 5.78 Å². The lowest BCUT2D eigenvalue weighted by Crippen LogP contribution is -2.30. The molecule has 0 radical (unpaired) electrons. The predicted molar refractivity (Wildman–Crippen MR) is 74.7 cm³/mol. The largest absolute Gasteiger partial charge is 0.345 e. The number of rotatable bonds is 4. The molecule has 3 nitrogen and oxygen atoms in total. The summed E-state index contributed by atoms with van der Waals surface area (Å²) in [5.41, 5.74) is 8.23. The first-order chi connectivity index (χ1) is 8.50. The van der Waals surface area contributed by atoms with Crippen LogP contribution in [0.2, 0.25) is 0 Å². The predicted octanol–water partition coefficient (Wildman–Crippen LogP) is 2.68. The van der Waals surface area contributed by atoms with Gasteiger partial charge in [0.2, 0.25) is 0 Å². The van der Waals surface area contributed by atoms with Crippen LogP contribution in [0.1, 0.15) is 32.4 Å². The highest BCUT2D eigenvalue weighted by Crippen LogP contribution is 2.25. The van der Waals surface area contributed by atoms with Crippen molar-refractivity contribution >= 4 is 16.7 Å². The van der Waals surface area contributed by atoms with Crippen molar-refractivity contribution in [1.29, 1.82) is 0 Å². The second-order valence-corrected chi connectivity index (χ2v) is 5.09. The molecule has 0 bridgehead atoms. The van der Waals surface area contributed by atoms with Crippen molar-refractivity contribution in [2.45, 2.75) is 39.3 Å². The van der Waals surface area contributed by atoms with Crippen LogP contribution in [0.25, 0.3) is 10.9 Å². The van der Waals surface area contributed by atoms with Crippen molar-refractivity contribution in [3.63, 3.8) is 0 Å². The zero-order valence-corrected chi connectivity index (χ0v) is 11.2. The molecule has 96 valence electrons. The van der Waals surface area contributed by atoms with E-state index in [0.29, 0.717) is 12.5 Å². The van der Waals surface area contributed by atoms with Gasteiger partial charge in [-0.05, 0) is 38.8 Å². The van der Waals surface area contributed by atoms with Gasteiger partial charge in [-0.1, -0.05) is 18.2 Å². The number of hydrogen-bond donors (Lipinski definition) is 1. The minimum atomic E-state index is -0.406. The number of benzene rings is 1. The molecule has 0 aliphatic heterocycles. The third kappa shape index (κ3) is 2.31. The van der Waals surface area contributed by atoms with Crippen molar-refractivity contribution in [3.05, 3.63) is 36.0 Å². The van der Waals surface area contributed by atoms with Gasteiger partial charge in [-0.25, -0.2) is 0 Å². The van der Waals surface area contributed by atoms with E-state index in [1.807, 2.05) is 12.1 Å². The van der Waals surface area contributed by atoms with Gasteiger partial charge in [0.15, 0.2) is 0 Å². The summed E-state index contributed by atoms with van der Waals surface area (Å²) in [4.78, 5) is 11.3. The first kappa shape index (κ1) is 12.8. The lowest BCUT2D eigenvalue weighted by Gasteiger charge is -2.08. The molecule has 0 spiro atoms. The number of para-hydroxylation sites is 1. The van der Waals surface area contributed by atoms with Crippen LogP contribution in [0, 0.1) is 0 Å². The molecule has 1 heterocycles. The molecule has 18 heavy (non-hydrogen) atoms. The van der Waals surface area contributed by atoms with Crippen LogP contribution in [0.3, 0.4) is 0 Å². The summed E-state index contributed by atoms with van der Waals surface area (Å²) in [6.45, 7) is 5.86. The van der Waals surface area contributed by atoms with Gasteiger partial charge in [-0.3, -0.25) is 4.79 Å². The van der Waals surface area contributed by atoms with Crippen molar-refractivity contribution in [1.82, 2.24) is 4.57 Å². The molecule has 0 aliphatic carbocycles. The Balaban J connectivity index is 2.48. The van der Waals surface area contributed by atoms with Crippen LogP contribution in [-0.2, 0) is 11.2 Å². The fourth-order valence-electron chi connectivity index (χ4n) is 2.25. The highest BCUT2D eigenvalue weighted by atomic mass is 16.1. The molecule has 0 aliphatic rings. The summed E-state index contributed by atoms with van der Waals surface area (Å²) in [6, 6.07) is 8.26. The van der Waals surface area contributed by atoms with E-state index >= 15 is 0 Å². The van der Waals surface area contributed by atoms with Gasteiger partial charge in [0.05, 0.1) is 6.04 Å². The van der Waals surface area contributed by atoms with E-state index in [2.05, 4.69) is 36.7 Å². The van der Waals surface area contributed by atoms with Gasteiger partial charge in [0.1, 0.15) is 5.78 Å². The molecule has 3 heteroatoms. The fraction of sp³-hybridized carbons (Fsp3) is 0.400. The summed E-state index contributed by atoms with van der Waals surface area (Å²) in [7, 11) is 0. The Morgan fingerprint density at radius 3 is 2.61 bits per heavy atom. The summed E-state index contributed by atoms with van der Waals surface area (Å²) in [6.07, 6.45) is 2.73. The molecular formula is C15H20N2O. The maximum Gasteiger partial charge on any atom is 0.146 e. The highest BCUT2D eigenvalue weighted by Gasteiger charge is 2.15. The molecule has 1 aromatic carbocycles. The van der Waals surface area contributed by atoms with Crippen molar-refractivity contribution in [3.8, 4) is 0 Å². The van der Waals surface area contributed by atoms with E-state index in [9.17, 15) is 4.79 Å². The van der Waals surface area contributed by atoms with Gasteiger partial charge in [0.25, 0.3) is 0 Å². The highest BCUT2D eigenvalue weighted by molar-refractivity contribution is 5.86. The molecule has 0 amide bonds. The number of aromatic nitrogens is 1. The summed E-state index contributed by atoms with van der Waals surface area (Å²) < 4.78 is 2.23. The van der Waals surface area contributed by atoms with E-state index < -0.39 is 6.04 Å². The first-order valence-electron chi connectivity index (χ1n) is 6.35. The first-order valence-corrected chi connectivity index (χ1v) is 6.35. The number of carbonyl (C=O) groups excluding carboxylic acids is 1. The SMILES string of the molecule is CC(=O)C(N)Cc1cn(C(C)C)c2ccccc12. The molecular weight excluding hydrogens is 224 g/mol. The molecule has 2 rings (SSSR count). The van der Waals surface area contributed by atoms with Crippen molar-refractivity contribution in [2.24, 2.45) is 5.73 Å². The Bertz CT molecular complexity index is 569. The van der Waals surface area contributed by atoms with E-state index in [1.54, 1.807) is 6.92 Å². The standard InChI is InChI=1S/C15H20N2O/c1-10(2)17-9-12(8-14(16)11(3)18)13-6-4-5-7-15(13)17/h4-7,9-10,14H,8,16H2,1-3H3. The molecule has 0 saturated heterocycles. The second-order valence-electron chi connectivity index (χ2n) is 5.09. The Morgan fingerprint density at radius 1 is 1.33 bits per heavy atom. The fourth-order valence-corrected chi connectivity index (χ4v) is 2.25. The Labute approximate surface area is 108 Å². The van der Waals surface area contributed by atoms with Crippen LogP contribution >= 0.6 is 0 Å². The molecule has 1 atom stereocenters. The zero-order chi connectivity index (χ0) is 13.3. The zero-order valence-electron chi connectivity index (χ0n) is 11.2. The van der Waals surface area contributed by atoms with Crippen LogP contribution in [0.15, 0.2) is 30.5 Å². The lowest BCUT2D eigenvalue weighted by atomic mass is 10.0. The number of hydrogen-bond acceptors (Lipinski definition) is 2. The molecule has 2 N–H and O–H groups in total. The topological polar surface area (TPSA) is 48.0 Å².